The van der Waals surface area contributed by atoms with Crippen molar-refractivity contribution in [3.8, 4) is 0 Å². The average molecular weight is 298 g/mol. The van der Waals surface area contributed by atoms with Crippen LogP contribution in [0.4, 0.5) is 0 Å². The first-order valence-corrected chi connectivity index (χ1v) is 7.81. The zero-order valence-electron chi connectivity index (χ0n) is 14.3. The number of rotatable bonds is 4. The molecule has 0 radical (unpaired) electrons. The van der Waals surface area contributed by atoms with E-state index in [0.717, 1.165) is 12.8 Å². The van der Waals surface area contributed by atoms with Crippen LogP contribution in [0.3, 0.4) is 0 Å². The van der Waals surface area contributed by atoms with Crippen LogP contribution in [0, 0.1) is 0 Å². The molecule has 0 bridgehead atoms. The Morgan fingerprint density at radius 2 is 0.864 bits per heavy atom. The first-order valence-electron chi connectivity index (χ1n) is 7.81. The molecule has 0 amide bonds. The minimum atomic E-state index is -0.0959. The van der Waals surface area contributed by atoms with Gasteiger partial charge in [0.05, 0.1) is 0 Å². The zero-order chi connectivity index (χ0) is 16.6. The Bertz CT molecular complexity index is 468. The second-order valence-electron chi connectivity index (χ2n) is 7.30. The zero-order valence-corrected chi connectivity index (χ0v) is 14.3. The van der Waals surface area contributed by atoms with Crippen molar-refractivity contribution < 1.29 is 0 Å². The second kappa shape index (κ2) is 8.11. The molecule has 2 nitrogen and oxygen atoms in total. The normalized spacial score (nSPS) is 11.5. The van der Waals surface area contributed by atoms with E-state index in [1.165, 1.54) is 11.1 Å². The van der Waals surface area contributed by atoms with Crippen molar-refractivity contribution in [3.05, 3.63) is 71.8 Å². The molecule has 0 heterocycles. The molecule has 0 atom stereocenters. The third-order valence-corrected chi connectivity index (χ3v) is 3.01. The van der Waals surface area contributed by atoms with Crippen LogP contribution in [0.2, 0.25) is 0 Å². The highest BCUT2D eigenvalue weighted by atomic mass is 14.7. The van der Waals surface area contributed by atoms with Gasteiger partial charge in [0, 0.05) is 11.1 Å². The molecule has 0 saturated heterocycles. The summed E-state index contributed by atoms with van der Waals surface area (Å²) in [7, 11) is 0. The molecular formula is C20H30N2. The summed E-state index contributed by atoms with van der Waals surface area (Å²) < 4.78 is 0. The van der Waals surface area contributed by atoms with Crippen LogP contribution in [0.1, 0.15) is 38.8 Å². The Kier molecular flexibility index (Phi) is 6.79. The quantitative estimate of drug-likeness (QED) is 0.898. The van der Waals surface area contributed by atoms with Gasteiger partial charge in [-0.15, -0.1) is 0 Å². The van der Waals surface area contributed by atoms with E-state index < -0.39 is 0 Å². The van der Waals surface area contributed by atoms with Crippen LogP contribution in [0.15, 0.2) is 60.7 Å². The maximum Gasteiger partial charge on any atom is 0.0138 e. The van der Waals surface area contributed by atoms with Crippen molar-refractivity contribution in [1.82, 2.24) is 0 Å². The van der Waals surface area contributed by atoms with Crippen LogP contribution in [-0.2, 0) is 12.8 Å². The van der Waals surface area contributed by atoms with E-state index in [0.29, 0.717) is 0 Å². The smallest absolute Gasteiger partial charge is 0.0138 e. The lowest BCUT2D eigenvalue weighted by molar-refractivity contribution is 0.516. The van der Waals surface area contributed by atoms with E-state index in [9.17, 15) is 0 Å². The Balaban J connectivity index is 0.000000220. The van der Waals surface area contributed by atoms with Gasteiger partial charge in [0.2, 0.25) is 0 Å². The standard InChI is InChI=1S/2C10H15N/c2*1-10(2,11)8-9-6-4-3-5-7-9/h2*3-7H,8,11H2,1-2H3. The molecule has 2 heteroatoms. The SMILES string of the molecule is CC(C)(N)Cc1ccccc1.CC(C)(N)Cc1ccccc1. The lowest BCUT2D eigenvalue weighted by atomic mass is 9.96. The molecule has 0 aliphatic rings. The first-order chi connectivity index (χ1) is 10.2. The summed E-state index contributed by atoms with van der Waals surface area (Å²) in [4.78, 5) is 0. The fourth-order valence-electron chi connectivity index (χ4n) is 2.24. The van der Waals surface area contributed by atoms with E-state index in [-0.39, 0.29) is 11.1 Å². The minimum Gasteiger partial charge on any atom is -0.325 e. The van der Waals surface area contributed by atoms with E-state index in [1.807, 2.05) is 64.1 Å². The molecule has 2 aromatic carbocycles. The maximum atomic E-state index is 5.87. The van der Waals surface area contributed by atoms with Gasteiger partial charge in [-0.2, -0.15) is 0 Å². The van der Waals surface area contributed by atoms with Gasteiger partial charge < -0.3 is 11.5 Å². The van der Waals surface area contributed by atoms with Crippen molar-refractivity contribution in [1.29, 1.82) is 0 Å². The molecule has 0 unspecified atom stereocenters. The summed E-state index contributed by atoms with van der Waals surface area (Å²) in [5, 5.41) is 0. The molecule has 0 aromatic heterocycles. The molecule has 0 aliphatic heterocycles. The number of hydrogen-bond acceptors (Lipinski definition) is 2. The predicted octanol–water partition coefficient (Wildman–Crippen LogP) is 3.93. The van der Waals surface area contributed by atoms with Crippen LogP contribution in [0.5, 0.6) is 0 Å². The van der Waals surface area contributed by atoms with E-state index in [4.69, 9.17) is 11.5 Å². The van der Waals surface area contributed by atoms with Crippen LogP contribution in [0.25, 0.3) is 0 Å². The van der Waals surface area contributed by atoms with Gasteiger partial charge >= 0.3 is 0 Å². The number of nitrogens with two attached hydrogens (primary N) is 2. The summed E-state index contributed by atoms with van der Waals surface area (Å²) in [6, 6.07) is 20.6. The Morgan fingerprint density at radius 3 is 1.09 bits per heavy atom. The largest absolute Gasteiger partial charge is 0.325 e. The Hall–Kier alpha value is -1.64. The molecule has 2 rings (SSSR count). The van der Waals surface area contributed by atoms with Gasteiger partial charge in [-0.25, -0.2) is 0 Å². The molecule has 0 saturated carbocycles. The summed E-state index contributed by atoms with van der Waals surface area (Å²) >= 11 is 0. The lowest BCUT2D eigenvalue weighted by Crippen LogP contribution is -2.34. The van der Waals surface area contributed by atoms with Crippen LogP contribution < -0.4 is 11.5 Å². The summed E-state index contributed by atoms with van der Waals surface area (Å²) in [6.07, 6.45) is 1.88. The third-order valence-electron chi connectivity index (χ3n) is 3.01. The maximum absolute atomic E-state index is 5.87. The van der Waals surface area contributed by atoms with Crippen molar-refractivity contribution in [2.24, 2.45) is 11.5 Å². The average Bonchev–Trinajstić information content (AvgIpc) is 2.38. The molecule has 0 spiro atoms. The van der Waals surface area contributed by atoms with Crippen LogP contribution >= 0.6 is 0 Å². The molecule has 4 N–H and O–H groups in total. The highest BCUT2D eigenvalue weighted by Gasteiger charge is 2.11. The third kappa shape index (κ3) is 9.32. The predicted molar refractivity (Wildman–Crippen MR) is 96.8 cm³/mol. The summed E-state index contributed by atoms with van der Waals surface area (Å²) in [5.41, 5.74) is 14.2. The highest BCUT2D eigenvalue weighted by Crippen LogP contribution is 2.09. The molecule has 120 valence electrons. The lowest BCUT2D eigenvalue weighted by Gasteiger charge is -2.17. The van der Waals surface area contributed by atoms with Crippen LogP contribution in [-0.4, -0.2) is 11.1 Å². The molecule has 0 aliphatic carbocycles. The fraction of sp³-hybridized carbons (Fsp3) is 0.400. The van der Waals surface area contributed by atoms with Gasteiger partial charge in [0.25, 0.3) is 0 Å². The van der Waals surface area contributed by atoms with Gasteiger partial charge in [0.1, 0.15) is 0 Å². The number of hydrogen-bond donors (Lipinski definition) is 2. The highest BCUT2D eigenvalue weighted by molar-refractivity contribution is 5.17. The van der Waals surface area contributed by atoms with Gasteiger partial charge in [-0.05, 0) is 51.7 Å². The second-order valence-corrected chi connectivity index (χ2v) is 7.30. The van der Waals surface area contributed by atoms with Gasteiger partial charge in [0.15, 0.2) is 0 Å². The Labute approximate surface area is 135 Å². The monoisotopic (exact) mass is 298 g/mol. The topological polar surface area (TPSA) is 52.0 Å². The van der Waals surface area contributed by atoms with Crippen molar-refractivity contribution in [2.75, 3.05) is 0 Å². The van der Waals surface area contributed by atoms with Gasteiger partial charge in [-0.1, -0.05) is 60.7 Å². The summed E-state index contributed by atoms with van der Waals surface area (Å²) in [5.74, 6) is 0. The molecular weight excluding hydrogens is 268 g/mol. The first kappa shape index (κ1) is 18.4. The van der Waals surface area contributed by atoms with E-state index >= 15 is 0 Å². The molecule has 0 fully saturated rings. The van der Waals surface area contributed by atoms with Gasteiger partial charge in [-0.3, -0.25) is 0 Å². The molecule has 22 heavy (non-hydrogen) atoms. The fourth-order valence-corrected chi connectivity index (χ4v) is 2.24. The van der Waals surface area contributed by atoms with E-state index in [2.05, 4.69) is 24.3 Å². The van der Waals surface area contributed by atoms with Crippen molar-refractivity contribution >= 4 is 0 Å². The number of benzene rings is 2. The molecule has 2 aromatic rings. The van der Waals surface area contributed by atoms with Crippen molar-refractivity contribution in [3.63, 3.8) is 0 Å². The summed E-state index contributed by atoms with van der Waals surface area (Å²) in [6.45, 7) is 8.17. The minimum absolute atomic E-state index is 0.0959. The van der Waals surface area contributed by atoms with Crippen molar-refractivity contribution in [2.45, 2.75) is 51.6 Å². The Morgan fingerprint density at radius 1 is 0.591 bits per heavy atom. The van der Waals surface area contributed by atoms with E-state index in [1.54, 1.807) is 0 Å².